The maximum Gasteiger partial charge on any atom is 0.143 e. The largest absolute Gasteiger partial charge is 0.381 e. The van der Waals surface area contributed by atoms with Crippen LogP contribution in [0, 0.1) is 0 Å². The first-order valence-corrected chi connectivity index (χ1v) is 4.10. The van der Waals surface area contributed by atoms with Crippen LogP contribution in [0.2, 0.25) is 0 Å². The standard InChI is InChI=1S/C8H14O4/c1-9-4-8-5-11-6(3-12-8)7(8)10-2/h6-7H,3-5H2,1-2H3/t6-,7?,8+/m1/s1. The molecule has 2 aliphatic rings. The Hall–Kier alpha value is -0.160. The summed E-state index contributed by atoms with van der Waals surface area (Å²) in [7, 11) is 3.35. The molecule has 0 saturated carbocycles. The molecule has 2 heterocycles. The zero-order valence-electron chi connectivity index (χ0n) is 7.41. The number of hydrogen-bond acceptors (Lipinski definition) is 4. The van der Waals surface area contributed by atoms with E-state index >= 15 is 0 Å². The van der Waals surface area contributed by atoms with Gasteiger partial charge in [0.2, 0.25) is 0 Å². The lowest BCUT2D eigenvalue weighted by Gasteiger charge is -2.27. The summed E-state index contributed by atoms with van der Waals surface area (Å²) in [5.41, 5.74) is -0.339. The van der Waals surface area contributed by atoms with Crippen LogP contribution in [0.4, 0.5) is 0 Å². The number of hydrogen-bond donors (Lipinski definition) is 0. The molecule has 4 nitrogen and oxygen atoms in total. The number of rotatable bonds is 3. The molecule has 0 aromatic heterocycles. The van der Waals surface area contributed by atoms with Gasteiger partial charge in [-0.2, -0.15) is 0 Å². The molecule has 2 fully saturated rings. The third-order valence-electron chi connectivity index (χ3n) is 2.58. The minimum Gasteiger partial charge on any atom is -0.381 e. The van der Waals surface area contributed by atoms with Gasteiger partial charge in [-0.05, 0) is 0 Å². The molecule has 2 bridgehead atoms. The van der Waals surface area contributed by atoms with Crippen molar-refractivity contribution >= 4 is 0 Å². The third-order valence-corrected chi connectivity index (χ3v) is 2.58. The van der Waals surface area contributed by atoms with Gasteiger partial charge in [-0.1, -0.05) is 0 Å². The van der Waals surface area contributed by atoms with Crippen molar-refractivity contribution in [2.24, 2.45) is 0 Å². The van der Waals surface area contributed by atoms with Crippen molar-refractivity contribution in [1.29, 1.82) is 0 Å². The van der Waals surface area contributed by atoms with Crippen molar-refractivity contribution < 1.29 is 18.9 Å². The molecule has 0 amide bonds. The molecule has 3 atom stereocenters. The highest BCUT2D eigenvalue weighted by Crippen LogP contribution is 2.37. The van der Waals surface area contributed by atoms with Gasteiger partial charge < -0.3 is 18.9 Å². The van der Waals surface area contributed by atoms with Crippen LogP contribution in [0.5, 0.6) is 0 Å². The lowest BCUT2D eigenvalue weighted by Crippen LogP contribution is -2.45. The average Bonchev–Trinajstić information content (AvgIpc) is 2.58. The Labute approximate surface area is 71.7 Å². The molecule has 2 saturated heterocycles. The second-order valence-electron chi connectivity index (χ2n) is 3.31. The van der Waals surface area contributed by atoms with Crippen molar-refractivity contribution in [3.8, 4) is 0 Å². The molecule has 0 aromatic carbocycles. The maximum atomic E-state index is 5.61. The van der Waals surface area contributed by atoms with Gasteiger partial charge in [0.1, 0.15) is 17.8 Å². The summed E-state index contributed by atoms with van der Waals surface area (Å²) in [5.74, 6) is 0. The third kappa shape index (κ3) is 0.992. The van der Waals surface area contributed by atoms with Crippen LogP contribution < -0.4 is 0 Å². The molecule has 70 valence electrons. The molecule has 2 rings (SSSR count). The van der Waals surface area contributed by atoms with E-state index in [1.165, 1.54) is 0 Å². The Morgan fingerprint density at radius 1 is 1.50 bits per heavy atom. The highest BCUT2D eigenvalue weighted by atomic mass is 16.7. The van der Waals surface area contributed by atoms with Crippen molar-refractivity contribution in [1.82, 2.24) is 0 Å². The van der Waals surface area contributed by atoms with E-state index < -0.39 is 0 Å². The summed E-state index contributed by atoms with van der Waals surface area (Å²) < 4.78 is 21.5. The molecular formula is C8H14O4. The summed E-state index contributed by atoms with van der Waals surface area (Å²) in [5, 5.41) is 0. The fourth-order valence-corrected chi connectivity index (χ4v) is 2.04. The Balaban J connectivity index is 2.12. The normalized spacial score (nSPS) is 45.5. The van der Waals surface area contributed by atoms with E-state index in [0.717, 1.165) is 0 Å². The van der Waals surface area contributed by atoms with Crippen LogP contribution in [0.3, 0.4) is 0 Å². The van der Waals surface area contributed by atoms with E-state index in [2.05, 4.69) is 0 Å². The van der Waals surface area contributed by atoms with Gasteiger partial charge in [0.25, 0.3) is 0 Å². The Morgan fingerprint density at radius 2 is 2.33 bits per heavy atom. The van der Waals surface area contributed by atoms with Crippen LogP contribution in [0.15, 0.2) is 0 Å². The van der Waals surface area contributed by atoms with E-state index in [9.17, 15) is 0 Å². The van der Waals surface area contributed by atoms with E-state index in [4.69, 9.17) is 18.9 Å². The minimum atomic E-state index is -0.339. The van der Waals surface area contributed by atoms with Crippen LogP contribution in [-0.2, 0) is 18.9 Å². The molecule has 0 aliphatic carbocycles. The summed E-state index contributed by atoms with van der Waals surface area (Å²) in [6.07, 6.45) is 0.141. The van der Waals surface area contributed by atoms with Crippen molar-refractivity contribution in [2.45, 2.75) is 17.8 Å². The molecule has 12 heavy (non-hydrogen) atoms. The van der Waals surface area contributed by atoms with Crippen molar-refractivity contribution in [3.63, 3.8) is 0 Å². The van der Waals surface area contributed by atoms with Gasteiger partial charge in [-0.15, -0.1) is 0 Å². The fourth-order valence-electron chi connectivity index (χ4n) is 2.04. The second-order valence-corrected chi connectivity index (χ2v) is 3.31. The van der Waals surface area contributed by atoms with Gasteiger partial charge in [0, 0.05) is 14.2 Å². The maximum absolute atomic E-state index is 5.61. The fraction of sp³-hybridized carbons (Fsp3) is 1.00. The second kappa shape index (κ2) is 2.96. The van der Waals surface area contributed by atoms with Gasteiger partial charge in [0.05, 0.1) is 19.8 Å². The van der Waals surface area contributed by atoms with E-state index in [1.807, 2.05) is 0 Å². The highest BCUT2D eigenvalue weighted by Gasteiger charge is 2.57. The van der Waals surface area contributed by atoms with Gasteiger partial charge in [0.15, 0.2) is 0 Å². The molecular weight excluding hydrogens is 160 g/mol. The first-order chi connectivity index (χ1) is 5.82. The molecule has 1 unspecified atom stereocenters. The number of fused-ring (bicyclic) bond motifs is 2. The predicted octanol–water partition coefficient (Wildman–Crippen LogP) is -0.184. The van der Waals surface area contributed by atoms with Gasteiger partial charge >= 0.3 is 0 Å². The zero-order valence-corrected chi connectivity index (χ0v) is 7.41. The Bertz CT molecular complexity index is 162. The number of ether oxygens (including phenoxy) is 4. The summed E-state index contributed by atoms with van der Waals surface area (Å²) in [6.45, 7) is 1.76. The van der Waals surface area contributed by atoms with Crippen LogP contribution >= 0.6 is 0 Å². The molecule has 2 aliphatic heterocycles. The van der Waals surface area contributed by atoms with E-state index in [0.29, 0.717) is 19.8 Å². The lowest BCUT2D eigenvalue weighted by molar-refractivity contribution is -0.131. The van der Waals surface area contributed by atoms with Crippen LogP contribution in [-0.4, -0.2) is 51.8 Å². The molecule has 0 radical (unpaired) electrons. The zero-order chi connectivity index (χ0) is 8.60. The molecule has 0 aromatic rings. The first-order valence-electron chi connectivity index (χ1n) is 4.10. The SMILES string of the molecule is COC[C@@]12CO[C@H](CO1)C2OC. The van der Waals surface area contributed by atoms with Crippen molar-refractivity contribution in [2.75, 3.05) is 34.0 Å². The molecule has 4 heteroatoms. The average molecular weight is 174 g/mol. The summed E-state index contributed by atoms with van der Waals surface area (Å²) in [6, 6.07) is 0. The Kier molecular flexibility index (Phi) is 2.08. The van der Waals surface area contributed by atoms with E-state index in [-0.39, 0.29) is 17.8 Å². The first kappa shape index (κ1) is 8.44. The molecule has 0 N–H and O–H groups in total. The minimum absolute atomic E-state index is 0.0393. The predicted molar refractivity (Wildman–Crippen MR) is 41.1 cm³/mol. The van der Waals surface area contributed by atoms with Crippen LogP contribution in [0.1, 0.15) is 0 Å². The van der Waals surface area contributed by atoms with Gasteiger partial charge in [-0.3, -0.25) is 0 Å². The van der Waals surface area contributed by atoms with Crippen LogP contribution in [0.25, 0.3) is 0 Å². The lowest BCUT2D eigenvalue weighted by atomic mass is 10.0. The van der Waals surface area contributed by atoms with Crippen molar-refractivity contribution in [3.05, 3.63) is 0 Å². The monoisotopic (exact) mass is 174 g/mol. The smallest absolute Gasteiger partial charge is 0.143 e. The quantitative estimate of drug-likeness (QED) is 0.594. The van der Waals surface area contributed by atoms with Gasteiger partial charge in [-0.25, -0.2) is 0 Å². The Morgan fingerprint density at radius 3 is 2.83 bits per heavy atom. The van der Waals surface area contributed by atoms with E-state index in [1.54, 1.807) is 14.2 Å². The summed E-state index contributed by atoms with van der Waals surface area (Å²) in [4.78, 5) is 0. The number of methoxy groups -OCH3 is 2. The highest BCUT2D eigenvalue weighted by molar-refractivity contribution is 5.04. The summed E-state index contributed by atoms with van der Waals surface area (Å²) >= 11 is 0. The molecule has 0 spiro atoms. The topological polar surface area (TPSA) is 36.9 Å².